The SMILES string of the molecule is CN(Cc1ccc(Cl)nc1)C(=NOC(=O)C1(C#N)CC1)C(F)(F)F. The van der Waals surface area contributed by atoms with Crippen LogP contribution in [-0.2, 0) is 16.2 Å². The maximum atomic E-state index is 13.1. The Morgan fingerprint density at radius 2 is 2.21 bits per heavy atom. The Morgan fingerprint density at radius 3 is 2.67 bits per heavy atom. The molecule has 0 N–H and O–H groups in total. The molecule has 1 aliphatic carbocycles. The highest BCUT2D eigenvalue weighted by atomic mass is 35.5. The van der Waals surface area contributed by atoms with Gasteiger partial charge in [0.1, 0.15) is 5.15 Å². The Bertz CT molecular complexity index is 693. The summed E-state index contributed by atoms with van der Waals surface area (Å²) >= 11 is 5.62. The van der Waals surface area contributed by atoms with Gasteiger partial charge in [-0.3, -0.25) is 0 Å². The molecule has 1 aromatic heterocycles. The third-order valence-electron chi connectivity index (χ3n) is 3.39. The third kappa shape index (κ3) is 4.14. The van der Waals surface area contributed by atoms with Gasteiger partial charge >= 0.3 is 12.1 Å². The van der Waals surface area contributed by atoms with Gasteiger partial charge in [0.05, 0.1) is 6.07 Å². The first-order valence-corrected chi connectivity index (χ1v) is 7.15. The second kappa shape index (κ2) is 6.65. The molecule has 0 aliphatic heterocycles. The summed E-state index contributed by atoms with van der Waals surface area (Å²) in [7, 11) is 1.14. The van der Waals surface area contributed by atoms with E-state index in [1.807, 2.05) is 0 Å². The number of hydrogen-bond donors (Lipinski definition) is 0. The van der Waals surface area contributed by atoms with Crippen molar-refractivity contribution < 1.29 is 22.8 Å². The van der Waals surface area contributed by atoms with Gasteiger partial charge in [0.2, 0.25) is 0 Å². The van der Waals surface area contributed by atoms with Gasteiger partial charge in [-0.2, -0.15) is 18.4 Å². The van der Waals surface area contributed by atoms with E-state index in [9.17, 15) is 18.0 Å². The number of carbonyl (C=O) groups excluding carboxylic acids is 1. The van der Waals surface area contributed by atoms with Crippen LogP contribution in [0.1, 0.15) is 18.4 Å². The molecule has 6 nitrogen and oxygen atoms in total. The van der Waals surface area contributed by atoms with E-state index >= 15 is 0 Å². The minimum absolute atomic E-state index is 0.177. The quantitative estimate of drug-likeness (QED) is 0.271. The molecular formula is C14H12ClF3N4O2. The Morgan fingerprint density at radius 1 is 1.54 bits per heavy atom. The molecule has 0 radical (unpaired) electrons. The van der Waals surface area contributed by atoms with Gasteiger partial charge < -0.3 is 9.74 Å². The van der Waals surface area contributed by atoms with E-state index in [2.05, 4.69) is 15.0 Å². The van der Waals surface area contributed by atoms with E-state index in [1.165, 1.54) is 18.3 Å². The number of nitrogens with zero attached hydrogens (tertiary/aromatic N) is 4. The zero-order valence-electron chi connectivity index (χ0n) is 12.5. The van der Waals surface area contributed by atoms with E-state index < -0.39 is 23.4 Å². The second-order valence-corrected chi connectivity index (χ2v) is 5.72. The van der Waals surface area contributed by atoms with E-state index in [4.69, 9.17) is 16.9 Å². The molecule has 0 aromatic carbocycles. The Balaban J connectivity index is 2.12. The van der Waals surface area contributed by atoms with Crippen molar-refractivity contribution in [2.45, 2.75) is 25.6 Å². The number of hydrogen-bond acceptors (Lipinski definition) is 5. The summed E-state index contributed by atoms with van der Waals surface area (Å²) in [4.78, 5) is 20.5. The molecule has 10 heteroatoms. The van der Waals surface area contributed by atoms with Crippen molar-refractivity contribution in [3.63, 3.8) is 0 Å². The molecule has 0 saturated heterocycles. The molecule has 1 aromatic rings. The fourth-order valence-corrected chi connectivity index (χ4v) is 1.96. The largest absolute Gasteiger partial charge is 0.452 e. The molecule has 1 heterocycles. The Hall–Kier alpha value is -2.34. The molecule has 24 heavy (non-hydrogen) atoms. The van der Waals surface area contributed by atoms with Gasteiger partial charge in [0.25, 0.3) is 5.84 Å². The molecule has 2 rings (SSSR count). The number of oxime groups is 1. The minimum atomic E-state index is -4.84. The monoisotopic (exact) mass is 360 g/mol. The van der Waals surface area contributed by atoms with Gasteiger partial charge in [0, 0.05) is 19.8 Å². The topological polar surface area (TPSA) is 78.6 Å². The van der Waals surface area contributed by atoms with Crippen molar-refractivity contribution >= 4 is 23.4 Å². The predicted octanol–water partition coefficient (Wildman–Crippen LogP) is 2.89. The summed E-state index contributed by atoms with van der Waals surface area (Å²) in [5.74, 6) is -2.46. The number of aromatic nitrogens is 1. The highest BCUT2D eigenvalue weighted by Crippen LogP contribution is 2.46. The first-order chi connectivity index (χ1) is 11.2. The number of halogens is 4. The summed E-state index contributed by atoms with van der Waals surface area (Å²) in [6.45, 7) is -0.177. The summed E-state index contributed by atoms with van der Waals surface area (Å²) in [6.07, 6.45) is -3.00. The zero-order chi connectivity index (χ0) is 18.0. The number of pyridine rings is 1. The van der Waals surface area contributed by atoms with Crippen LogP contribution in [0.2, 0.25) is 5.15 Å². The first kappa shape index (κ1) is 18.0. The molecule has 128 valence electrons. The van der Waals surface area contributed by atoms with Crippen molar-refractivity contribution in [3.8, 4) is 6.07 Å². The number of rotatable bonds is 4. The number of carbonyl (C=O) groups is 1. The number of nitriles is 1. The van der Waals surface area contributed by atoms with Gasteiger partial charge in [-0.1, -0.05) is 22.8 Å². The standard InChI is InChI=1S/C14H12ClF3N4O2/c1-22(7-9-2-3-10(15)20-6-9)11(14(16,17)18)21-24-12(23)13(8-19)4-5-13/h2-3,6H,4-5,7H2,1H3. The van der Waals surface area contributed by atoms with Crippen LogP contribution in [-0.4, -0.2) is 34.9 Å². The smallest absolute Gasteiger partial charge is 0.348 e. The normalized spacial score (nSPS) is 16.2. The third-order valence-corrected chi connectivity index (χ3v) is 3.62. The summed E-state index contributed by atoms with van der Waals surface area (Å²) in [6, 6.07) is 4.69. The highest BCUT2D eigenvalue weighted by Gasteiger charge is 2.53. The molecule has 0 amide bonds. The van der Waals surface area contributed by atoms with Crippen LogP contribution in [0.5, 0.6) is 0 Å². The van der Waals surface area contributed by atoms with E-state index in [0.717, 1.165) is 11.9 Å². The van der Waals surface area contributed by atoms with Crippen LogP contribution >= 0.6 is 11.6 Å². The molecule has 1 fully saturated rings. The van der Waals surface area contributed by atoms with Crippen LogP contribution in [0.3, 0.4) is 0 Å². The van der Waals surface area contributed by atoms with Gasteiger partial charge in [-0.05, 0) is 24.5 Å². The van der Waals surface area contributed by atoms with Crippen molar-refractivity contribution in [1.82, 2.24) is 9.88 Å². The lowest BCUT2D eigenvalue weighted by Gasteiger charge is -2.22. The van der Waals surface area contributed by atoms with Gasteiger partial charge in [-0.25, -0.2) is 9.78 Å². The number of alkyl halides is 3. The van der Waals surface area contributed by atoms with Crippen LogP contribution in [0.15, 0.2) is 23.5 Å². The lowest BCUT2D eigenvalue weighted by atomic mass is 10.1. The molecule has 0 atom stereocenters. The van der Waals surface area contributed by atoms with Gasteiger partial charge in [-0.15, -0.1) is 0 Å². The lowest BCUT2D eigenvalue weighted by molar-refractivity contribution is -0.148. The molecule has 1 saturated carbocycles. The second-order valence-electron chi connectivity index (χ2n) is 5.33. The van der Waals surface area contributed by atoms with Crippen LogP contribution in [0.4, 0.5) is 13.2 Å². The molecule has 0 spiro atoms. The molecule has 0 unspecified atom stereocenters. The van der Waals surface area contributed by atoms with Crippen LogP contribution in [0.25, 0.3) is 0 Å². The lowest BCUT2D eigenvalue weighted by Crippen LogP contribution is -2.39. The fraction of sp³-hybridized carbons (Fsp3) is 0.429. The van der Waals surface area contributed by atoms with Gasteiger partial charge in [0.15, 0.2) is 5.41 Å². The summed E-state index contributed by atoms with van der Waals surface area (Å²) in [5.41, 5.74) is -0.903. The van der Waals surface area contributed by atoms with Crippen molar-refractivity contribution in [2.75, 3.05) is 7.05 Å². The van der Waals surface area contributed by atoms with E-state index in [1.54, 1.807) is 6.07 Å². The average molecular weight is 361 g/mol. The Kier molecular flexibility index (Phi) is 4.99. The Labute approximate surface area is 140 Å². The molecular weight excluding hydrogens is 349 g/mol. The first-order valence-electron chi connectivity index (χ1n) is 6.77. The van der Waals surface area contributed by atoms with Crippen molar-refractivity contribution in [1.29, 1.82) is 5.26 Å². The zero-order valence-corrected chi connectivity index (χ0v) is 13.2. The van der Waals surface area contributed by atoms with E-state index in [0.29, 0.717) is 5.56 Å². The predicted molar refractivity (Wildman–Crippen MR) is 77.6 cm³/mol. The highest BCUT2D eigenvalue weighted by molar-refractivity contribution is 6.29. The maximum Gasteiger partial charge on any atom is 0.452 e. The molecule has 1 aliphatic rings. The van der Waals surface area contributed by atoms with Crippen molar-refractivity contribution in [2.24, 2.45) is 10.6 Å². The van der Waals surface area contributed by atoms with E-state index in [-0.39, 0.29) is 24.5 Å². The van der Waals surface area contributed by atoms with Crippen molar-refractivity contribution in [3.05, 3.63) is 29.0 Å². The number of amidine groups is 1. The minimum Gasteiger partial charge on any atom is -0.348 e. The average Bonchev–Trinajstić information content (AvgIpc) is 3.29. The molecule has 0 bridgehead atoms. The maximum absolute atomic E-state index is 13.1. The summed E-state index contributed by atoms with van der Waals surface area (Å²) < 4.78 is 39.3. The van der Waals surface area contributed by atoms with Crippen LogP contribution in [0, 0.1) is 16.7 Å². The fourth-order valence-electron chi connectivity index (χ4n) is 1.85. The summed E-state index contributed by atoms with van der Waals surface area (Å²) in [5, 5.41) is 12.0. The van der Waals surface area contributed by atoms with Crippen LogP contribution < -0.4 is 0 Å².